The van der Waals surface area contributed by atoms with Crippen molar-refractivity contribution in [3.05, 3.63) is 29.1 Å². The number of aliphatic imine (C=N–C) groups is 1. The van der Waals surface area contributed by atoms with Gasteiger partial charge in [0.2, 0.25) is 0 Å². The van der Waals surface area contributed by atoms with Gasteiger partial charge in [-0.25, -0.2) is 4.98 Å². The van der Waals surface area contributed by atoms with E-state index < -0.39 is 5.97 Å². The number of nitrogens with one attached hydrogen (secondary N) is 1. The number of rotatable bonds is 2. The Morgan fingerprint density at radius 3 is 3.13 bits per heavy atom. The Bertz CT molecular complexity index is 440. The minimum Gasteiger partial charge on any atom is -0.480 e. The Hall–Kier alpha value is -1.91. The molecule has 5 heteroatoms. The molecule has 5 nitrogen and oxygen atoms in total. The van der Waals surface area contributed by atoms with Crippen molar-refractivity contribution in [2.24, 2.45) is 4.99 Å². The molecule has 1 aliphatic heterocycles. The highest BCUT2D eigenvalue weighted by Crippen LogP contribution is 2.15. The van der Waals surface area contributed by atoms with E-state index in [-0.39, 0.29) is 6.54 Å². The van der Waals surface area contributed by atoms with Crippen LogP contribution in [0.25, 0.3) is 0 Å². The summed E-state index contributed by atoms with van der Waals surface area (Å²) in [6.07, 6.45) is 0. The van der Waals surface area contributed by atoms with Gasteiger partial charge in [0.05, 0.1) is 6.54 Å². The van der Waals surface area contributed by atoms with Crippen molar-refractivity contribution >= 4 is 11.8 Å². The maximum atomic E-state index is 10.4. The van der Waals surface area contributed by atoms with Crippen molar-refractivity contribution in [2.75, 3.05) is 6.54 Å². The van der Waals surface area contributed by atoms with Crippen LogP contribution >= 0.6 is 0 Å². The highest BCUT2D eigenvalue weighted by Gasteiger charge is 2.17. The van der Waals surface area contributed by atoms with Crippen molar-refractivity contribution in [2.45, 2.75) is 13.5 Å². The average Bonchev–Trinajstić information content (AvgIpc) is 2.57. The van der Waals surface area contributed by atoms with Crippen molar-refractivity contribution in [3.63, 3.8) is 0 Å². The van der Waals surface area contributed by atoms with Gasteiger partial charge in [0.1, 0.15) is 18.1 Å². The second kappa shape index (κ2) is 3.68. The number of nitrogens with zero attached hydrogens (tertiary/aromatic N) is 2. The third-order valence-corrected chi connectivity index (χ3v) is 2.16. The number of carbonyl (C=O) groups is 1. The smallest absolute Gasteiger partial charge is 0.322 e. The minimum absolute atomic E-state index is 0.131. The summed E-state index contributed by atoms with van der Waals surface area (Å²) in [6, 6.07) is 3.89. The average molecular weight is 205 g/mol. The number of hydrogen-bond acceptors (Lipinski definition) is 4. The third kappa shape index (κ3) is 1.96. The van der Waals surface area contributed by atoms with Crippen LogP contribution in [0.4, 0.5) is 0 Å². The SMILES string of the molecule is Cc1ccc2c(n1)C(NCC(=O)O)=NC2. The molecule has 1 aromatic rings. The van der Waals surface area contributed by atoms with Gasteiger partial charge in [-0.05, 0) is 13.0 Å². The number of pyridine rings is 1. The monoisotopic (exact) mass is 205 g/mol. The molecule has 78 valence electrons. The van der Waals surface area contributed by atoms with Gasteiger partial charge in [0, 0.05) is 11.3 Å². The van der Waals surface area contributed by atoms with Crippen LogP contribution in [0.1, 0.15) is 17.0 Å². The highest BCUT2D eigenvalue weighted by atomic mass is 16.4. The molecule has 1 aromatic heterocycles. The number of hydrogen-bond donors (Lipinski definition) is 2. The van der Waals surface area contributed by atoms with E-state index in [1.54, 1.807) is 0 Å². The number of carboxylic acid groups (broad SMARTS) is 1. The molecule has 2 heterocycles. The van der Waals surface area contributed by atoms with E-state index >= 15 is 0 Å². The molecule has 0 spiro atoms. The molecular formula is C10H11N3O2. The summed E-state index contributed by atoms with van der Waals surface area (Å²) < 4.78 is 0. The fourth-order valence-corrected chi connectivity index (χ4v) is 1.46. The number of amidine groups is 1. The van der Waals surface area contributed by atoms with E-state index in [1.165, 1.54) is 0 Å². The summed E-state index contributed by atoms with van der Waals surface area (Å²) in [6.45, 7) is 2.34. The standard InChI is InChI=1S/C10H11N3O2/c1-6-2-3-7-4-11-10(9(7)13-6)12-5-8(14)15/h2-3H,4-5H2,1H3,(H,11,12)(H,14,15). The number of fused-ring (bicyclic) bond motifs is 1. The fourth-order valence-electron chi connectivity index (χ4n) is 1.46. The minimum atomic E-state index is -0.904. The van der Waals surface area contributed by atoms with Gasteiger partial charge in [-0.2, -0.15) is 0 Å². The highest BCUT2D eigenvalue weighted by molar-refractivity contribution is 6.01. The van der Waals surface area contributed by atoms with Crippen LogP contribution in [0, 0.1) is 6.92 Å². The lowest BCUT2D eigenvalue weighted by Gasteiger charge is -2.04. The molecule has 0 amide bonds. The maximum Gasteiger partial charge on any atom is 0.322 e. The molecule has 0 saturated heterocycles. The zero-order chi connectivity index (χ0) is 10.8. The van der Waals surface area contributed by atoms with E-state index in [4.69, 9.17) is 5.11 Å². The summed E-state index contributed by atoms with van der Waals surface area (Å²) in [5, 5.41) is 11.3. The molecule has 0 unspecified atom stereocenters. The first-order valence-corrected chi connectivity index (χ1v) is 4.64. The topological polar surface area (TPSA) is 74.6 Å². The number of aromatic nitrogens is 1. The van der Waals surface area contributed by atoms with Crippen molar-refractivity contribution in [1.82, 2.24) is 10.3 Å². The Balaban J connectivity index is 2.19. The van der Waals surface area contributed by atoms with E-state index in [1.807, 2.05) is 19.1 Å². The van der Waals surface area contributed by atoms with E-state index in [2.05, 4.69) is 15.3 Å². The second-order valence-corrected chi connectivity index (χ2v) is 3.37. The van der Waals surface area contributed by atoms with Crippen LogP contribution in [-0.2, 0) is 11.3 Å². The van der Waals surface area contributed by atoms with Gasteiger partial charge in [-0.3, -0.25) is 9.79 Å². The maximum absolute atomic E-state index is 10.4. The second-order valence-electron chi connectivity index (χ2n) is 3.37. The molecular weight excluding hydrogens is 194 g/mol. The van der Waals surface area contributed by atoms with Crippen LogP contribution in [0.2, 0.25) is 0 Å². The molecule has 1 aliphatic rings. The van der Waals surface area contributed by atoms with E-state index in [9.17, 15) is 4.79 Å². The first-order valence-electron chi connectivity index (χ1n) is 4.64. The summed E-state index contributed by atoms with van der Waals surface area (Å²) in [5.74, 6) is -0.324. The fraction of sp³-hybridized carbons (Fsp3) is 0.300. The third-order valence-electron chi connectivity index (χ3n) is 2.16. The van der Waals surface area contributed by atoms with Crippen molar-refractivity contribution < 1.29 is 9.90 Å². The van der Waals surface area contributed by atoms with E-state index in [0.29, 0.717) is 12.4 Å². The Morgan fingerprint density at radius 1 is 1.60 bits per heavy atom. The molecule has 0 aliphatic carbocycles. The van der Waals surface area contributed by atoms with Gasteiger partial charge in [0.15, 0.2) is 0 Å². The van der Waals surface area contributed by atoms with Crippen LogP contribution < -0.4 is 5.32 Å². The first-order chi connectivity index (χ1) is 7.16. The van der Waals surface area contributed by atoms with Crippen molar-refractivity contribution in [3.8, 4) is 0 Å². The Kier molecular flexibility index (Phi) is 2.37. The summed E-state index contributed by atoms with van der Waals surface area (Å²) in [5.41, 5.74) is 2.71. The number of carboxylic acids is 1. The van der Waals surface area contributed by atoms with Crippen LogP contribution in [0.3, 0.4) is 0 Å². The first kappa shape index (κ1) is 9.64. The van der Waals surface area contributed by atoms with Crippen LogP contribution in [-0.4, -0.2) is 28.4 Å². The normalized spacial score (nSPS) is 13.3. The molecule has 0 aromatic carbocycles. The largest absolute Gasteiger partial charge is 0.480 e. The molecule has 0 atom stereocenters. The lowest BCUT2D eigenvalue weighted by atomic mass is 10.2. The Labute approximate surface area is 86.9 Å². The Morgan fingerprint density at radius 2 is 2.40 bits per heavy atom. The van der Waals surface area contributed by atoms with Gasteiger partial charge in [0.25, 0.3) is 0 Å². The summed E-state index contributed by atoms with van der Waals surface area (Å²) in [7, 11) is 0. The predicted molar refractivity (Wildman–Crippen MR) is 54.9 cm³/mol. The summed E-state index contributed by atoms with van der Waals surface area (Å²) >= 11 is 0. The number of aliphatic carboxylic acids is 1. The molecule has 2 N–H and O–H groups in total. The van der Waals surface area contributed by atoms with Crippen LogP contribution in [0.5, 0.6) is 0 Å². The lowest BCUT2D eigenvalue weighted by molar-refractivity contribution is -0.135. The zero-order valence-corrected chi connectivity index (χ0v) is 8.32. The summed E-state index contributed by atoms with van der Waals surface area (Å²) in [4.78, 5) is 18.9. The molecule has 2 rings (SSSR count). The number of aryl methyl sites for hydroxylation is 1. The van der Waals surface area contributed by atoms with Gasteiger partial charge in [-0.1, -0.05) is 6.07 Å². The predicted octanol–water partition coefficient (Wildman–Crippen LogP) is 0.324. The van der Waals surface area contributed by atoms with Crippen molar-refractivity contribution in [1.29, 1.82) is 0 Å². The molecule has 15 heavy (non-hydrogen) atoms. The van der Waals surface area contributed by atoms with Gasteiger partial charge < -0.3 is 10.4 Å². The van der Waals surface area contributed by atoms with Gasteiger partial charge in [-0.15, -0.1) is 0 Å². The van der Waals surface area contributed by atoms with Gasteiger partial charge >= 0.3 is 5.97 Å². The molecule has 0 saturated carbocycles. The molecule has 0 radical (unpaired) electrons. The molecule has 0 fully saturated rings. The molecule has 0 bridgehead atoms. The lowest BCUT2D eigenvalue weighted by Crippen LogP contribution is -2.29. The van der Waals surface area contributed by atoms with E-state index in [0.717, 1.165) is 17.0 Å². The zero-order valence-electron chi connectivity index (χ0n) is 8.32. The van der Waals surface area contributed by atoms with Crippen LogP contribution in [0.15, 0.2) is 17.1 Å². The quantitative estimate of drug-likeness (QED) is 0.729.